The van der Waals surface area contributed by atoms with Gasteiger partial charge in [0.2, 0.25) is 0 Å². The van der Waals surface area contributed by atoms with Crippen molar-refractivity contribution < 1.29 is 9.53 Å². The molecule has 5 heteroatoms. The highest BCUT2D eigenvalue weighted by Gasteiger charge is 2.36. The molecule has 0 radical (unpaired) electrons. The molecule has 0 saturated heterocycles. The van der Waals surface area contributed by atoms with Crippen LogP contribution in [0.2, 0.25) is 0 Å². The number of benzene rings is 1. The third kappa shape index (κ3) is 3.40. The molecule has 1 atom stereocenters. The third-order valence-corrected chi connectivity index (χ3v) is 5.39. The molecule has 5 nitrogen and oxygen atoms in total. The highest BCUT2D eigenvalue weighted by Crippen LogP contribution is 2.48. The van der Waals surface area contributed by atoms with Crippen molar-refractivity contribution in [2.45, 2.75) is 32.6 Å². The Morgan fingerprint density at radius 1 is 1.25 bits per heavy atom. The van der Waals surface area contributed by atoms with Crippen molar-refractivity contribution in [3.63, 3.8) is 0 Å². The van der Waals surface area contributed by atoms with Crippen molar-refractivity contribution in [2.24, 2.45) is 5.41 Å². The molecule has 144 valence electrons. The topological polar surface area (TPSA) is 67.0 Å². The number of nitrogens with zero attached hydrogens (tertiary/aromatic N) is 1. The number of nitrogens with one attached hydrogen (secondary N) is 2. The van der Waals surface area contributed by atoms with E-state index in [2.05, 4.69) is 29.1 Å². The highest BCUT2D eigenvalue weighted by molar-refractivity contribution is 5.86. The van der Waals surface area contributed by atoms with Gasteiger partial charge in [-0.2, -0.15) is 0 Å². The molecule has 0 amide bonds. The summed E-state index contributed by atoms with van der Waals surface area (Å²) in [6.07, 6.45) is 6.40. The molecule has 4 rings (SSSR count). The van der Waals surface area contributed by atoms with E-state index in [9.17, 15) is 4.79 Å². The second-order valence-electron chi connectivity index (χ2n) is 8.15. The Labute approximate surface area is 165 Å². The lowest BCUT2D eigenvalue weighted by molar-refractivity contribution is -0.109. The van der Waals surface area contributed by atoms with Crippen molar-refractivity contribution in [3.05, 3.63) is 60.0 Å². The number of carbonyl (C=O) groups is 1. The van der Waals surface area contributed by atoms with Gasteiger partial charge >= 0.3 is 0 Å². The van der Waals surface area contributed by atoms with E-state index < -0.39 is 0 Å². The van der Waals surface area contributed by atoms with Gasteiger partial charge in [-0.25, -0.2) is 0 Å². The maximum Gasteiger partial charge on any atom is 0.127 e. The Balaban J connectivity index is 1.87. The number of aromatic amines is 1. The predicted octanol–water partition coefficient (Wildman–Crippen LogP) is 5.08. The lowest BCUT2D eigenvalue weighted by Crippen LogP contribution is -2.26. The van der Waals surface area contributed by atoms with Gasteiger partial charge in [-0.3, -0.25) is 4.98 Å². The summed E-state index contributed by atoms with van der Waals surface area (Å²) in [4.78, 5) is 19.7. The zero-order valence-corrected chi connectivity index (χ0v) is 16.5. The normalized spacial score (nSPS) is 17.6. The van der Waals surface area contributed by atoms with Gasteiger partial charge < -0.3 is 19.8 Å². The average Bonchev–Trinajstić information content (AvgIpc) is 3.05. The minimum Gasteiger partial charge on any atom is -0.497 e. The van der Waals surface area contributed by atoms with E-state index in [1.165, 1.54) is 0 Å². The van der Waals surface area contributed by atoms with Crippen LogP contribution in [0.5, 0.6) is 5.75 Å². The minimum absolute atomic E-state index is 0.0756. The number of ether oxygens (including phenoxy) is 1. The zero-order valence-electron chi connectivity index (χ0n) is 16.5. The molecule has 1 aliphatic carbocycles. The molecule has 0 spiro atoms. The van der Waals surface area contributed by atoms with E-state index in [4.69, 9.17) is 4.74 Å². The van der Waals surface area contributed by atoms with E-state index in [1.807, 2.05) is 36.4 Å². The zero-order chi connectivity index (χ0) is 19.7. The highest BCUT2D eigenvalue weighted by atomic mass is 16.5. The third-order valence-electron chi connectivity index (χ3n) is 5.39. The van der Waals surface area contributed by atoms with Gasteiger partial charge in [-0.05, 0) is 42.5 Å². The Kier molecular flexibility index (Phi) is 4.67. The summed E-state index contributed by atoms with van der Waals surface area (Å²) in [6, 6.07) is 11.8. The Bertz CT molecular complexity index is 992. The first kappa shape index (κ1) is 18.3. The lowest BCUT2D eigenvalue weighted by Gasteiger charge is -2.33. The first-order chi connectivity index (χ1) is 13.5. The molecule has 0 bridgehead atoms. The van der Waals surface area contributed by atoms with Gasteiger partial charge in [0, 0.05) is 46.9 Å². The molecule has 0 fully saturated rings. The van der Waals surface area contributed by atoms with Crippen LogP contribution >= 0.6 is 0 Å². The predicted molar refractivity (Wildman–Crippen MR) is 111 cm³/mol. The Morgan fingerprint density at radius 3 is 2.75 bits per heavy atom. The van der Waals surface area contributed by atoms with Crippen molar-refractivity contribution in [3.8, 4) is 17.0 Å². The van der Waals surface area contributed by atoms with Crippen LogP contribution in [0, 0.1) is 5.41 Å². The van der Waals surface area contributed by atoms with E-state index in [-0.39, 0.29) is 11.3 Å². The molecular weight excluding hydrogens is 350 g/mol. The van der Waals surface area contributed by atoms with Crippen LogP contribution < -0.4 is 10.1 Å². The van der Waals surface area contributed by atoms with Crippen molar-refractivity contribution in [2.75, 3.05) is 12.4 Å². The van der Waals surface area contributed by atoms with Crippen molar-refractivity contribution >= 4 is 17.7 Å². The van der Waals surface area contributed by atoms with E-state index in [0.29, 0.717) is 0 Å². The van der Waals surface area contributed by atoms with Gasteiger partial charge in [-0.1, -0.05) is 19.9 Å². The van der Waals surface area contributed by atoms with Crippen LogP contribution in [0.25, 0.3) is 11.3 Å². The lowest BCUT2D eigenvalue weighted by atomic mass is 9.71. The molecule has 28 heavy (non-hydrogen) atoms. The number of rotatable bonds is 5. The fraction of sp³-hybridized carbons (Fsp3) is 0.304. The minimum atomic E-state index is -0.140. The number of aldehydes is 1. The van der Waals surface area contributed by atoms with Gasteiger partial charge in [0.15, 0.2) is 0 Å². The molecule has 2 aromatic heterocycles. The van der Waals surface area contributed by atoms with E-state index in [0.717, 1.165) is 58.8 Å². The molecule has 2 N–H and O–H groups in total. The summed E-state index contributed by atoms with van der Waals surface area (Å²) >= 11 is 0. The van der Waals surface area contributed by atoms with Crippen LogP contribution in [-0.2, 0) is 11.2 Å². The first-order valence-corrected chi connectivity index (χ1v) is 9.52. The second kappa shape index (κ2) is 7.15. The maximum absolute atomic E-state index is 12.0. The van der Waals surface area contributed by atoms with Gasteiger partial charge in [0.1, 0.15) is 12.0 Å². The fourth-order valence-electron chi connectivity index (χ4n) is 4.19. The van der Waals surface area contributed by atoms with Crippen LogP contribution in [-0.4, -0.2) is 23.4 Å². The van der Waals surface area contributed by atoms with Crippen LogP contribution in [0.3, 0.4) is 0 Å². The molecule has 0 saturated carbocycles. The summed E-state index contributed by atoms with van der Waals surface area (Å²) in [7, 11) is 1.66. The summed E-state index contributed by atoms with van der Waals surface area (Å²) in [5.41, 5.74) is 6.19. The summed E-state index contributed by atoms with van der Waals surface area (Å²) < 4.78 is 5.36. The average molecular weight is 375 g/mol. The molecule has 2 heterocycles. The molecule has 0 aliphatic heterocycles. The summed E-state index contributed by atoms with van der Waals surface area (Å²) in [5, 5.41) is 3.55. The number of H-pyrrole nitrogens is 1. The van der Waals surface area contributed by atoms with E-state index >= 15 is 0 Å². The number of methoxy groups -OCH3 is 1. The van der Waals surface area contributed by atoms with Gasteiger partial charge in [0.25, 0.3) is 0 Å². The molecule has 3 aromatic rings. The Morgan fingerprint density at radius 2 is 2.04 bits per heavy atom. The number of pyridine rings is 1. The monoisotopic (exact) mass is 375 g/mol. The number of anilines is 2. The number of carbonyl (C=O) groups excluding carboxylic acids is 1. The SMILES string of the molecule is COc1cccc(Nc2c(-c3ccncc3)[nH]c3c2C(C=O)CC(C)(C)C3)c1. The van der Waals surface area contributed by atoms with Gasteiger partial charge in [0.05, 0.1) is 18.5 Å². The van der Waals surface area contributed by atoms with Crippen LogP contribution in [0.1, 0.15) is 37.4 Å². The number of fused-ring (bicyclic) bond motifs is 1. The number of aromatic nitrogens is 2. The van der Waals surface area contributed by atoms with Crippen LogP contribution in [0.15, 0.2) is 48.8 Å². The van der Waals surface area contributed by atoms with E-state index in [1.54, 1.807) is 19.5 Å². The molecular formula is C23H25N3O2. The standard InChI is InChI=1S/C23H25N3O2/c1-23(2)12-16(14-27)20-19(13-23)26-21(15-7-9-24-10-8-15)22(20)25-17-5-4-6-18(11-17)28-3/h4-11,14,16,25-26H,12-13H2,1-3H3. The second-order valence-corrected chi connectivity index (χ2v) is 8.15. The molecule has 1 unspecified atom stereocenters. The fourth-order valence-corrected chi connectivity index (χ4v) is 4.19. The number of hydrogen-bond acceptors (Lipinski definition) is 4. The number of hydrogen-bond donors (Lipinski definition) is 2. The van der Waals surface area contributed by atoms with Crippen LogP contribution in [0.4, 0.5) is 11.4 Å². The van der Waals surface area contributed by atoms with Crippen molar-refractivity contribution in [1.82, 2.24) is 9.97 Å². The smallest absolute Gasteiger partial charge is 0.127 e. The maximum atomic E-state index is 12.0. The Hall–Kier alpha value is -3.08. The molecule has 1 aromatic carbocycles. The molecule has 1 aliphatic rings. The quantitative estimate of drug-likeness (QED) is 0.610. The first-order valence-electron chi connectivity index (χ1n) is 9.52. The summed E-state index contributed by atoms with van der Waals surface area (Å²) in [5.74, 6) is 0.645. The summed E-state index contributed by atoms with van der Waals surface area (Å²) in [6.45, 7) is 4.43. The largest absolute Gasteiger partial charge is 0.497 e. The van der Waals surface area contributed by atoms with Crippen molar-refractivity contribution in [1.29, 1.82) is 0 Å². The van der Waals surface area contributed by atoms with Gasteiger partial charge in [-0.15, -0.1) is 0 Å².